The number of aromatic nitrogens is 1. The average Bonchev–Trinajstić information content (AvgIpc) is 2.88. The van der Waals surface area contributed by atoms with E-state index < -0.39 is 0 Å². The van der Waals surface area contributed by atoms with Crippen LogP contribution in [-0.4, -0.2) is 4.57 Å². The van der Waals surface area contributed by atoms with Crippen LogP contribution in [0, 0.1) is 5.82 Å². The fourth-order valence-electron chi connectivity index (χ4n) is 2.95. The smallest absolute Gasteiger partial charge is 0.123 e. The molecule has 17 heavy (non-hydrogen) atoms. The lowest BCUT2D eigenvalue weighted by Gasteiger charge is -2.16. The van der Waals surface area contributed by atoms with E-state index in [1.165, 1.54) is 17.3 Å². The molecular formula is C14H17FN2. The first-order valence-electron chi connectivity index (χ1n) is 6.29. The van der Waals surface area contributed by atoms with E-state index in [9.17, 15) is 4.39 Å². The molecule has 0 aliphatic heterocycles. The molecule has 1 aromatic carbocycles. The van der Waals surface area contributed by atoms with Crippen molar-refractivity contribution >= 4 is 10.9 Å². The fourth-order valence-corrected chi connectivity index (χ4v) is 2.95. The quantitative estimate of drug-likeness (QED) is 0.847. The van der Waals surface area contributed by atoms with Crippen LogP contribution in [0.15, 0.2) is 18.2 Å². The maximum Gasteiger partial charge on any atom is 0.123 e. The number of benzene rings is 1. The molecule has 3 rings (SSSR count). The Morgan fingerprint density at radius 2 is 2.24 bits per heavy atom. The van der Waals surface area contributed by atoms with Gasteiger partial charge in [0.05, 0.1) is 11.7 Å². The van der Waals surface area contributed by atoms with Gasteiger partial charge in [-0.3, -0.25) is 0 Å². The van der Waals surface area contributed by atoms with Gasteiger partial charge in [-0.05, 0) is 49.4 Å². The van der Waals surface area contributed by atoms with E-state index in [1.54, 1.807) is 6.07 Å². The van der Waals surface area contributed by atoms with Crippen LogP contribution in [0.25, 0.3) is 10.9 Å². The summed E-state index contributed by atoms with van der Waals surface area (Å²) in [4.78, 5) is 0. The van der Waals surface area contributed by atoms with Crippen molar-refractivity contribution in [3.05, 3.63) is 35.3 Å². The van der Waals surface area contributed by atoms with Gasteiger partial charge in [-0.2, -0.15) is 0 Å². The molecule has 1 atom stereocenters. The third-order valence-corrected chi connectivity index (χ3v) is 3.77. The molecule has 0 amide bonds. The number of nitrogens with zero attached hydrogens (tertiary/aromatic N) is 1. The van der Waals surface area contributed by atoms with E-state index in [2.05, 4.69) is 11.5 Å². The molecule has 0 radical (unpaired) electrons. The Kier molecular flexibility index (Phi) is 2.44. The van der Waals surface area contributed by atoms with Crippen molar-refractivity contribution in [1.82, 2.24) is 4.57 Å². The SMILES string of the molecule is CC[C@@H](N)n1c2c(c3cc(F)ccc31)CCC2. The zero-order valence-corrected chi connectivity index (χ0v) is 10.0. The van der Waals surface area contributed by atoms with Gasteiger partial charge in [-0.25, -0.2) is 4.39 Å². The van der Waals surface area contributed by atoms with Crippen LogP contribution in [0.1, 0.15) is 37.2 Å². The Hall–Kier alpha value is -1.35. The van der Waals surface area contributed by atoms with Crippen molar-refractivity contribution in [1.29, 1.82) is 0 Å². The maximum absolute atomic E-state index is 13.4. The first kappa shape index (κ1) is 10.8. The lowest BCUT2D eigenvalue weighted by Crippen LogP contribution is -2.19. The third-order valence-electron chi connectivity index (χ3n) is 3.77. The lowest BCUT2D eigenvalue weighted by molar-refractivity contribution is 0.506. The van der Waals surface area contributed by atoms with Gasteiger partial charge < -0.3 is 10.3 Å². The van der Waals surface area contributed by atoms with Crippen molar-refractivity contribution in [2.24, 2.45) is 5.73 Å². The Labute approximate surface area is 100 Å². The van der Waals surface area contributed by atoms with E-state index in [0.29, 0.717) is 0 Å². The molecule has 1 heterocycles. The van der Waals surface area contributed by atoms with Crippen molar-refractivity contribution in [2.45, 2.75) is 38.8 Å². The van der Waals surface area contributed by atoms with E-state index in [0.717, 1.165) is 36.6 Å². The van der Waals surface area contributed by atoms with Crippen LogP contribution in [-0.2, 0) is 12.8 Å². The molecule has 0 fully saturated rings. The topological polar surface area (TPSA) is 30.9 Å². The minimum atomic E-state index is -0.158. The molecule has 0 saturated carbocycles. The van der Waals surface area contributed by atoms with Gasteiger partial charge in [-0.15, -0.1) is 0 Å². The van der Waals surface area contributed by atoms with Crippen LogP contribution in [0.3, 0.4) is 0 Å². The summed E-state index contributed by atoms with van der Waals surface area (Å²) in [6.45, 7) is 2.08. The predicted molar refractivity (Wildman–Crippen MR) is 67.4 cm³/mol. The molecule has 0 bridgehead atoms. The lowest BCUT2D eigenvalue weighted by atomic mass is 10.1. The first-order chi connectivity index (χ1) is 8.22. The number of rotatable bonds is 2. The highest BCUT2D eigenvalue weighted by atomic mass is 19.1. The number of nitrogens with two attached hydrogens (primary N) is 1. The number of hydrogen-bond acceptors (Lipinski definition) is 1. The minimum Gasteiger partial charge on any atom is -0.329 e. The molecule has 0 unspecified atom stereocenters. The molecule has 0 saturated heterocycles. The molecule has 1 aliphatic rings. The monoisotopic (exact) mass is 232 g/mol. The molecule has 0 spiro atoms. The summed E-state index contributed by atoms with van der Waals surface area (Å²) in [6.07, 6.45) is 4.18. The maximum atomic E-state index is 13.4. The van der Waals surface area contributed by atoms with Gasteiger partial charge in [0.2, 0.25) is 0 Å². The van der Waals surface area contributed by atoms with Crippen molar-refractivity contribution in [3.8, 4) is 0 Å². The molecule has 90 valence electrons. The molecule has 1 aromatic heterocycles. The Bertz CT molecular complexity index is 571. The minimum absolute atomic E-state index is 0.00445. The second kappa shape index (κ2) is 3.84. The van der Waals surface area contributed by atoms with Gasteiger partial charge in [0.25, 0.3) is 0 Å². The highest BCUT2D eigenvalue weighted by Gasteiger charge is 2.23. The highest BCUT2D eigenvalue weighted by Crippen LogP contribution is 2.35. The van der Waals surface area contributed by atoms with Gasteiger partial charge >= 0.3 is 0 Å². The molecule has 2 N–H and O–H groups in total. The number of halogens is 1. The summed E-state index contributed by atoms with van der Waals surface area (Å²) in [6, 6.07) is 5.03. The van der Waals surface area contributed by atoms with E-state index in [1.807, 2.05) is 6.07 Å². The normalized spacial score (nSPS) is 16.4. The Morgan fingerprint density at radius 3 is 3.00 bits per heavy atom. The second-order valence-corrected chi connectivity index (χ2v) is 4.79. The molecule has 2 aromatic rings. The Balaban J connectivity index is 2.33. The van der Waals surface area contributed by atoms with E-state index in [4.69, 9.17) is 5.73 Å². The summed E-state index contributed by atoms with van der Waals surface area (Å²) in [5.74, 6) is -0.158. The third kappa shape index (κ3) is 1.49. The highest BCUT2D eigenvalue weighted by molar-refractivity contribution is 5.86. The molecule has 1 aliphatic carbocycles. The van der Waals surface area contributed by atoms with Gasteiger partial charge in [-0.1, -0.05) is 6.92 Å². The molecule has 2 nitrogen and oxygen atoms in total. The fraction of sp³-hybridized carbons (Fsp3) is 0.429. The van der Waals surface area contributed by atoms with E-state index >= 15 is 0 Å². The summed E-state index contributed by atoms with van der Waals surface area (Å²) < 4.78 is 15.6. The van der Waals surface area contributed by atoms with Crippen LogP contribution in [0.2, 0.25) is 0 Å². The predicted octanol–water partition coefficient (Wildman–Crippen LogP) is 3.14. The van der Waals surface area contributed by atoms with Gasteiger partial charge in [0, 0.05) is 11.1 Å². The average molecular weight is 232 g/mol. The van der Waals surface area contributed by atoms with Crippen molar-refractivity contribution < 1.29 is 4.39 Å². The number of fused-ring (bicyclic) bond motifs is 3. The van der Waals surface area contributed by atoms with Gasteiger partial charge in [0.15, 0.2) is 0 Å². The summed E-state index contributed by atoms with van der Waals surface area (Å²) in [5, 5.41) is 1.06. The van der Waals surface area contributed by atoms with Crippen LogP contribution >= 0.6 is 0 Å². The van der Waals surface area contributed by atoms with Crippen LogP contribution in [0.4, 0.5) is 4.39 Å². The Morgan fingerprint density at radius 1 is 1.41 bits per heavy atom. The van der Waals surface area contributed by atoms with Crippen LogP contribution < -0.4 is 5.73 Å². The van der Waals surface area contributed by atoms with Crippen molar-refractivity contribution in [3.63, 3.8) is 0 Å². The summed E-state index contributed by atoms with van der Waals surface area (Å²) in [5.41, 5.74) is 9.90. The second-order valence-electron chi connectivity index (χ2n) is 4.79. The number of hydrogen-bond donors (Lipinski definition) is 1. The van der Waals surface area contributed by atoms with Crippen molar-refractivity contribution in [2.75, 3.05) is 0 Å². The zero-order valence-electron chi connectivity index (χ0n) is 10.0. The number of aryl methyl sites for hydroxylation is 1. The zero-order chi connectivity index (χ0) is 12.0. The molecule has 3 heteroatoms. The standard InChI is InChI=1S/C14H17FN2/c1-2-14(16)17-12-5-3-4-10(12)11-8-9(15)6-7-13(11)17/h6-8,14H,2-5,16H2,1H3/t14-/m0/s1. The van der Waals surface area contributed by atoms with E-state index in [-0.39, 0.29) is 12.0 Å². The summed E-state index contributed by atoms with van der Waals surface area (Å²) in [7, 11) is 0. The van der Waals surface area contributed by atoms with Gasteiger partial charge in [0.1, 0.15) is 5.82 Å². The summed E-state index contributed by atoms with van der Waals surface area (Å²) >= 11 is 0. The first-order valence-corrected chi connectivity index (χ1v) is 6.29. The van der Waals surface area contributed by atoms with Crippen LogP contribution in [0.5, 0.6) is 0 Å². The molecular weight excluding hydrogens is 215 g/mol. The largest absolute Gasteiger partial charge is 0.329 e.